The van der Waals surface area contributed by atoms with Crippen molar-refractivity contribution in [3.8, 4) is 11.5 Å². The van der Waals surface area contributed by atoms with Gasteiger partial charge in [-0.05, 0) is 44.0 Å². The molecule has 1 aliphatic carbocycles. The third-order valence-electron chi connectivity index (χ3n) is 4.94. The molecule has 1 amide bonds. The highest BCUT2D eigenvalue weighted by atomic mass is 32.2. The summed E-state index contributed by atoms with van der Waals surface area (Å²) in [6.07, 6.45) is -0.0363. The predicted octanol–water partition coefficient (Wildman–Crippen LogP) is 4.02. The Morgan fingerprint density at radius 2 is 1.85 bits per heavy atom. The molecule has 0 heterocycles. The SMILES string of the molecule is CCOc1cc(NC(=O)C2CC=CC[C@H]2N)ccc1S(=O)(=O)Nc1cccc(OC(F)(F)F)c1. The summed E-state index contributed by atoms with van der Waals surface area (Å²) in [7, 11) is -4.25. The van der Waals surface area contributed by atoms with Crippen LogP contribution in [0.2, 0.25) is 0 Å². The molecule has 0 saturated carbocycles. The molecule has 2 aromatic carbocycles. The zero-order chi connectivity index (χ0) is 24.9. The Morgan fingerprint density at radius 3 is 2.53 bits per heavy atom. The minimum absolute atomic E-state index is 0.0386. The first-order valence-electron chi connectivity index (χ1n) is 10.4. The summed E-state index contributed by atoms with van der Waals surface area (Å²) in [6, 6.07) is 8.11. The smallest absolute Gasteiger partial charge is 0.492 e. The van der Waals surface area contributed by atoms with E-state index in [0.29, 0.717) is 18.5 Å². The van der Waals surface area contributed by atoms with Gasteiger partial charge >= 0.3 is 6.36 Å². The summed E-state index contributed by atoms with van der Waals surface area (Å²) in [4.78, 5) is 12.4. The van der Waals surface area contributed by atoms with Crippen LogP contribution in [0.4, 0.5) is 24.5 Å². The van der Waals surface area contributed by atoms with Crippen LogP contribution in [0, 0.1) is 5.92 Å². The molecule has 4 N–H and O–H groups in total. The summed E-state index contributed by atoms with van der Waals surface area (Å²) in [6.45, 7) is 1.79. The third kappa shape index (κ3) is 6.64. The zero-order valence-electron chi connectivity index (χ0n) is 18.1. The van der Waals surface area contributed by atoms with Gasteiger partial charge in [-0.15, -0.1) is 13.2 Å². The second kappa shape index (κ2) is 10.3. The number of hydrogen-bond donors (Lipinski definition) is 3. The lowest BCUT2D eigenvalue weighted by Crippen LogP contribution is -2.39. The van der Waals surface area contributed by atoms with Crippen molar-refractivity contribution in [2.45, 2.75) is 37.1 Å². The molecule has 0 radical (unpaired) electrons. The second-order valence-corrected chi connectivity index (χ2v) is 9.13. The summed E-state index contributed by atoms with van der Waals surface area (Å²) in [5.74, 6) is -1.33. The van der Waals surface area contributed by atoms with Gasteiger partial charge in [0.25, 0.3) is 10.0 Å². The van der Waals surface area contributed by atoms with E-state index < -0.39 is 28.1 Å². The van der Waals surface area contributed by atoms with Crippen molar-refractivity contribution in [1.82, 2.24) is 0 Å². The van der Waals surface area contributed by atoms with E-state index in [1.165, 1.54) is 30.3 Å². The van der Waals surface area contributed by atoms with Crippen molar-refractivity contribution in [2.75, 3.05) is 16.6 Å². The molecule has 0 bridgehead atoms. The van der Waals surface area contributed by atoms with Crippen LogP contribution in [0.1, 0.15) is 19.8 Å². The number of amides is 1. The van der Waals surface area contributed by atoms with Crippen LogP contribution >= 0.6 is 0 Å². The molecule has 0 fully saturated rings. The normalized spacial score (nSPS) is 18.3. The Balaban J connectivity index is 1.82. The monoisotopic (exact) mass is 499 g/mol. The highest BCUT2D eigenvalue weighted by molar-refractivity contribution is 7.92. The topological polar surface area (TPSA) is 120 Å². The number of hydrogen-bond acceptors (Lipinski definition) is 6. The van der Waals surface area contributed by atoms with Crippen LogP contribution in [-0.4, -0.2) is 33.3 Å². The van der Waals surface area contributed by atoms with Crippen LogP contribution in [0.5, 0.6) is 11.5 Å². The lowest BCUT2D eigenvalue weighted by molar-refractivity contribution is -0.274. The molecular weight excluding hydrogens is 475 g/mol. The number of allylic oxidation sites excluding steroid dienone is 1. The van der Waals surface area contributed by atoms with Crippen molar-refractivity contribution < 1.29 is 35.9 Å². The number of carbonyl (C=O) groups excluding carboxylic acids is 1. The Morgan fingerprint density at radius 1 is 1.12 bits per heavy atom. The van der Waals surface area contributed by atoms with E-state index >= 15 is 0 Å². The van der Waals surface area contributed by atoms with Crippen molar-refractivity contribution >= 4 is 27.3 Å². The first-order chi connectivity index (χ1) is 16.0. The average Bonchev–Trinajstić information content (AvgIpc) is 2.73. The summed E-state index contributed by atoms with van der Waals surface area (Å²) in [5, 5.41) is 2.73. The van der Waals surface area contributed by atoms with Gasteiger partial charge in [-0.2, -0.15) is 0 Å². The summed E-state index contributed by atoms with van der Waals surface area (Å²) >= 11 is 0. The van der Waals surface area contributed by atoms with Crippen molar-refractivity contribution in [2.24, 2.45) is 11.7 Å². The molecule has 12 heteroatoms. The Labute approximate surface area is 195 Å². The zero-order valence-corrected chi connectivity index (χ0v) is 18.9. The van der Waals surface area contributed by atoms with Gasteiger partial charge in [0.05, 0.1) is 18.2 Å². The molecule has 0 saturated heterocycles. The van der Waals surface area contributed by atoms with E-state index in [1.54, 1.807) is 6.92 Å². The lowest BCUT2D eigenvalue weighted by Gasteiger charge is -2.24. The number of nitrogens with two attached hydrogens (primary N) is 1. The Hall–Kier alpha value is -3.25. The van der Waals surface area contributed by atoms with Gasteiger partial charge in [0, 0.05) is 23.9 Å². The first-order valence-corrected chi connectivity index (χ1v) is 11.8. The van der Waals surface area contributed by atoms with Gasteiger partial charge in [0.2, 0.25) is 5.91 Å². The van der Waals surface area contributed by atoms with Gasteiger partial charge in [0.1, 0.15) is 16.4 Å². The largest absolute Gasteiger partial charge is 0.573 e. The highest BCUT2D eigenvalue weighted by Crippen LogP contribution is 2.31. The maximum atomic E-state index is 13.0. The fourth-order valence-electron chi connectivity index (χ4n) is 3.41. The number of rotatable bonds is 8. The molecule has 2 atom stereocenters. The van der Waals surface area contributed by atoms with Gasteiger partial charge in [0.15, 0.2) is 0 Å². The van der Waals surface area contributed by atoms with E-state index in [1.807, 2.05) is 12.2 Å². The minimum atomic E-state index is -4.92. The van der Waals surface area contributed by atoms with E-state index in [4.69, 9.17) is 10.5 Å². The molecule has 1 aliphatic rings. The molecule has 0 spiro atoms. The minimum Gasteiger partial charge on any atom is -0.492 e. The maximum Gasteiger partial charge on any atom is 0.573 e. The summed E-state index contributed by atoms with van der Waals surface area (Å²) < 4.78 is 74.8. The van der Waals surface area contributed by atoms with E-state index in [0.717, 1.165) is 12.1 Å². The number of alkyl halides is 3. The van der Waals surface area contributed by atoms with E-state index in [9.17, 15) is 26.4 Å². The van der Waals surface area contributed by atoms with Crippen molar-refractivity contribution in [1.29, 1.82) is 0 Å². The molecule has 34 heavy (non-hydrogen) atoms. The number of carbonyl (C=O) groups is 1. The van der Waals surface area contributed by atoms with Crippen LogP contribution in [0.25, 0.3) is 0 Å². The molecule has 2 aromatic rings. The standard InChI is InChI=1S/C22H24F3N3O5S/c1-2-32-19-13-14(27-21(29)17-8-3-4-9-18(17)26)10-11-20(19)34(30,31)28-15-6-5-7-16(12-15)33-22(23,24)25/h3-7,10-13,17-18,28H,2,8-9,26H2,1H3,(H,27,29)/t17?,18-/m1/s1. The van der Waals surface area contributed by atoms with E-state index in [-0.39, 0.29) is 34.9 Å². The second-order valence-electron chi connectivity index (χ2n) is 7.48. The van der Waals surface area contributed by atoms with Crippen LogP contribution in [0.3, 0.4) is 0 Å². The van der Waals surface area contributed by atoms with Gasteiger partial charge in [-0.1, -0.05) is 18.2 Å². The quantitative estimate of drug-likeness (QED) is 0.472. The highest BCUT2D eigenvalue weighted by Gasteiger charge is 2.31. The number of anilines is 2. The number of sulfonamides is 1. The van der Waals surface area contributed by atoms with Gasteiger partial charge in [-0.25, -0.2) is 8.42 Å². The third-order valence-corrected chi connectivity index (χ3v) is 6.36. The summed E-state index contributed by atoms with van der Waals surface area (Å²) in [5.41, 5.74) is 6.19. The molecular formula is C22H24F3N3O5S. The molecule has 184 valence electrons. The molecule has 1 unspecified atom stereocenters. The number of halogens is 3. The van der Waals surface area contributed by atoms with Crippen LogP contribution in [-0.2, 0) is 14.8 Å². The van der Waals surface area contributed by atoms with Crippen LogP contribution < -0.4 is 25.2 Å². The number of ether oxygens (including phenoxy) is 2. The number of nitrogens with one attached hydrogen (secondary N) is 2. The predicted molar refractivity (Wildman–Crippen MR) is 120 cm³/mol. The molecule has 3 rings (SSSR count). The fraction of sp³-hybridized carbons (Fsp3) is 0.318. The number of benzene rings is 2. The van der Waals surface area contributed by atoms with Gasteiger partial charge in [-0.3, -0.25) is 9.52 Å². The first kappa shape index (κ1) is 25.4. The van der Waals surface area contributed by atoms with Crippen LogP contribution in [0.15, 0.2) is 59.5 Å². The average molecular weight is 500 g/mol. The fourth-order valence-corrected chi connectivity index (χ4v) is 4.59. The molecule has 8 nitrogen and oxygen atoms in total. The van der Waals surface area contributed by atoms with Crippen molar-refractivity contribution in [3.63, 3.8) is 0 Å². The molecule has 0 aromatic heterocycles. The van der Waals surface area contributed by atoms with Crippen molar-refractivity contribution in [3.05, 3.63) is 54.6 Å². The maximum absolute atomic E-state index is 13.0. The van der Waals surface area contributed by atoms with Gasteiger partial charge < -0.3 is 20.5 Å². The Kier molecular flexibility index (Phi) is 7.72. The molecule has 0 aliphatic heterocycles. The van der Waals surface area contributed by atoms with E-state index in [2.05, 4.69) is 14.8 Å². The Bertz CT molecular complexity index is 1170. The lowest BCUT2D eigenvalue weighted by atomic mass is 9.89.